The molecule has 1 aromatic rings. The van der Waals surface area contributed by atoms with E-state index in [1.165, 1.54) is 12.8 Å². The predicted octanol–water partition coefficient (Wildman–Crippen LogP) is 2.60. The molecule has 2 rings (SSSR count). The van der Waals surface area contributed by atoms with Crippen LogP contribution in [0.15, 0.2) is 18.2 Å². The maximum atomic E-state index is 5.87. The van der Waals surface area contributed by atoms with Crippen molar-refractivity contribution in [2.24, 2.45) is 5.92 Å². The van der Waals surface area contributed by atoms with Crippen molar-refractivity contribution in [1.82, 2.24) is 4.98 Å². The molecule has 1 aliphatic rings. The van der Waals surface area contributed by atoms with Crippen molar-refractivity contribution in [3.63, 3.8) is 0 Å². The molecule has 1 aliphatic heterocycles. The van der Waals surface area contributed by atoms with Crippen LogP contribution in [0.25, 0.3) is 0 Å². The van der Waals surface area contributed by atoms with Crippen LogP contribution in [0.2, 0.25) is 5.15 Å². The molecule has 0 amide bonds. The fraction of sp³-hybridized carbons (Fsp3) is 0.583. The van der Waals surface area contributed by atoms with Crippen molar-refractivity contribution in [2.45, 2.75) is 12.8 Å². The summed E-state index contributed by atoms with van der Waals surface area (Å²) in [4.78, 5) is 6.43. The van der Waals surface area contributed by atoms with Gasteiger partial charge < -0.3 is 9.64 Å². The molecule has 2 heterocycles. The molecule has 0 aliphatic carbocycles. The number of hydrogen-bond donors (Lipinski definition) is 0. The van der Waals surface area contributed by atoms with Gasteiger partial charge >= 0.3 is 0 Å². The summed E-state index contributed by atoms with van der Waals surface area (Å²) in [6, 6.07) is 5.71. The number of ether oxygens (including phenoxy) is 1. The van der Waals surface area contributed by atoms with Gasteiger partial charge in [0.25, 0.3) is 0 Å². The van der Waals surface area contributed by atoms with Crippen LogP contribution in [-0.4, -0.2) is 31.8 Å². The first kappa shape index (κ1) is 11.7. The van der Waals surface area contributed by atoms with E-state index in [0.717, 1.165) is 25.6 Å². The molecule has 0 radical (unpaired) electrons. The summed E-state index contributed by atoms with van der Waals surface area (Å²) < 4.78 is 5.47. The summed E-state index contributed by atoms with van der Waals surface area (Å²) in [7, 11) is 2.05. The highest BCUT2D eigenvalue weighted by atomic mass is 35.5. The largest absolute Gasteiger partial charge is 0.381 e. The highest BCUT2D eigenvalue weighted by molar-refractivity contribution is 6.29. The van der Waals surface area contributed by atoms with Gasteiger partial charge in [-0.2, -0.15) is 0 Å². The zero-order valence-corrected chi connectivity index (χ0v) is 10.3. The van der Waals surface area contributed by atoms with Crippen molar-refractivity contribution in [3.05, 3.63) is 23.4 Å². The lowest BCUT2D eigenvalue weighted by Crippen LogP contribution is -2.31. The third kappa shape index (κ3) is 3.09. The highest BCUT2D eigenvalue weighted by Crippen LogP contribution is 2.18. The van der Waals surface area contributed by atoms with Gasteiger partial charge in [-0.25, -0.2) is 4.98 Å². The molecule has 4 heteroatoms. The number of anilines is 1. The summed E-state index contributed by atoms with van der Waals surface area (Å²) in [6.07, 6.45) is 2.41. The predicted molar refractivity (Wildman–Crippen MR) is 66.1 cm³/mol. The number of aromatic nitrogens is 1. The van der Waals surface area contributed by atoms with Crippen LogP contribution in [0, 0.1) is 5.92 Å². The number of halogens is 1. The van der Waals surface area contributed by atoms with Crippen molar-refractivity contribution in [3.8, 4) is 0 Å². The summed E-state index contributed by atoms with van der Waals surface area (Å²) in [6.45, 7) is 2.76. The van der Waals surface area contributed by atoms with Gasteiger partial charge in [0.1, 0.15) is 11.0 Å². The number of nitrogens with zero attached hydrogens (tertiary/aromatic N) is 2. The van der Waals surface area contributed by atoms with Gasteiger partial charge in [0.15, 0.2) is 0 Å². The van der Waals surface area contributed by atoms with Gasteiger partial charge in [-0.3, -0.25) is 0 Å². The van der Waals surface area contributed by atoms with Gasteiger partial charge in [0.05, 0.1) is 6.61 Å². The lowest BCUT2D eigenvalue weighted by Gasteiger charge is -2.27. The van der Waals surface area contributed by atoms with Crippen LogP contribution < -0.4 is 4.90 Å². The van der Waals surface area contributed by atoms with E-state index < -0.39 is 0 Å². The van der Waals surface area contributed by atoms with Crippen LogP contribution >= 0.6 is 11.6 Å². The maximum absolute atomic E-state index is 5.87. The SMILES string of the molecule is CN(CC1CCCOC1)c1cccc(Cl)n1. The number of pyridine rings is 1. The first-order chi connectivity index (χ1) is 7.75. The third-order valence-corrected chi connectivity index (χ3v) is 3.09. The van der Waals surface area contributed by atoms with Crippen molar-refractivity contribution in [1.29, 1.82) is 0 Å². The van der Waals surface area contributed by atoms with Gasteiger partial charge in [-0.15, -0.1) is 0 Å². The van der Waals surface area contributed by atoms with Crippen LogP contribution in [0.3, 0.4) is 0 Å². The quantitative estimate of drug-likeness (QED) is 0.760. The van der Waals surface area contributed by atoms with E-state index in [0.29, 0.717) is 11.1 Å². The van der Waals surface area contributed by atoms with Gasteiger partial charge in [-0.1, -0.05) is 17.7 Å². The Kier molecular flexibility index (Phi) is 4.02. The Balaban J connectivity index is 1.94. The fourth-order valence-electron chi connectivity index (χ4n) is 2.04. The molecule has 0 saturated carbocycles. The van der Waals surface area contributed by atoms with E-state index in [1.54, 1.807) is 6.07 Å². The second-order valence-corrected chi connectivity index (χ2v) is 4.67. The van der Waals surface area contributed by atoms with Crippen LogP contribution in [0.1, 0.15) is 12.8 Å². The second-order valence-electron chi connectivity index (χ2n) is 4.28. The van der Waals surface area contributed by atoms with Crippen LogP contribution in [0.4, 0.5) is 5.82 Å². The molecule has 88 valence electrons. The lowest BCUT2D eigenvalue weighted by atomic mass is 10.0. The Morgan fingerprint density at radius 1 is 1.56 bits per heavy atom. The Hall–Kier alpha value is -0.800. The average molecular weight is 241 g/mol. The number of rotatable bonds is 3. The first-order valence-electron chi connectivity index (χ1n) is 5.67. The molecule has 0 bridgehead atoms. The standard InChI is InChI=1S/C12H17ClN2O/c1-15(8-10-4-3-7-16-9-10)12-6-2-5-11(13)14-12/h2,5-6,10H,3-4,7-9H2,1H3. The topological polar surface area (TPSA) is 25.4 Å². The van der Waals surface area contributed by atoms with Gasteiger partial charge in [-0.05, 0) is 30.9 Å². The van der Waals surface area contributed by atoms with Crippen molar-refractivity contribution in [2.75, 3.05) is 31.7 Å². The molecule has 16 heavy (non-hydrogen) atoms. The van der Waals surface area contributed by atoms with Crippen molar-refractivity contribution >= 4 is 17.4 Å². The molecular formula is C12H17ClN2O. The summed E-state index contributed by atoms with van der Waals surface area (Å²) in [5.74, 6) is 1.54. The molecule has 3 nitrogen and oxygen atoms in total. The maximum Gasteiger partial charge on any atom is 0.131 e. The van der Waals surface area contributed by atoms with Gasteiger partial charge in [0.2, 0.25) is 0 Å². The fourth-order valence-corrected chi connectivity index (χ4v) is 2.20. The summed E-state index contributed by atoms with van der Waals surface area (Å²) in [5, 5.41) is 0.546. The van der Waals surface area contributed by atoms with E-state index >= 15 is 0 Å². The Labute approximate surface area is 101 Å². The molecule has 1 saturated heterocycles. The van der Waals surface area contributed by atoms with E-state index in [-0.39, 0.29) is 0 Å². The zero-order chi connectivity index (χ0) is 11.4. The van der Waals surface area contributed by atoms with E-state index in [1.807, 2.05) is 19.2 Å². The van der Waals surface area contributed by atoms with Crippen LogP contribution in [0.5, 0.6) is 0 Å². The van der Waals surface area contributed by atoms with Gasteiger partial charge in [0, 0.05) is 20.2 Å². The number of hydrogen-bond acceptors (Lipinski definition) is 3. The Bertz CT molecular complexity index is 340. The molecule has 0 N–H and O–H groups in total. The normalized spacial score (nSPS) is 20.8. The van der Waals surface area contributed by atoms with E-state index in [4.69, 9.17) is 16.3 Å². The van der Waals surface area contributed by atoms with E-state index in [9.17, 15) is 0 Å². The minimum atomic E-state index is 0.546. The molecule has 1 unspecified atom stereocenters. The molecule has 0 spiro atoms. The zero-order valence-electron chi connectivity index (χ0n) is 9.53. The molecule has 1 fully saturated rings. The molecule has 1 aromatic heterocycles. The van der Waals surface area contributed by atoms with E-state index in [2.05, 4.69) is 9.88 Å². The van der Waals surface area contributed by atoms with Crippen LogP contribution in [-0.2, 0) is 4.74 Å². The molecule has 1 atom stereocenters. The first-order valence-corrected chi connectivity index (χ1v) is 6.05. The smallest absolute Gasteiger partial charge is 0.131 e. The van der Waals surface area contributed by atoms with Crippen molar-refractivity contribution < 1.29 is 4.74 Å². The molecule has 0 aromatic carbocycles. The minimum absolute atomic E-state index is 0.546. The summed E-state index contributed by atoms with van der Waals surface area (Å²) >= 11 is 5.87. The Morgan fingerprint density at radius 3 is 3.12 bits per heavy atom. The summed E-state index contributed by atoms with van der Waals surface area (Å²) in [5.41, 5.74) is 0. The lowest BCUT2D eigenvalue weighted by molar-refractivity contribution is 0.0576. The monoisotopic (exact) mass is 240 g/mol. The highest BCUT2D eigenvalue weighted by Gasteiger charge is 2.16. The Morgan fingerprint density at radius 2 is 2.44 bits per heavy atom. The second kappa shape index (κ2) is 5.51. The average Bonchev–Trinajstić information content (AvgIpc) is 2.30. The minimum Gasteiger partial charge on any atom is -0.381 e. The molecular weight excluding hydrogens is 224 g/mol. The third-order valence-electron chi connectivity index (χ3n) is 2.88.